The number of nitrogens with two attached hydrogens (primary N) is 1. The van der Waals surface area contributed by atoms with Gasteiger partial charge < -0.3 is 11.1 Å². The van der Waals surface area contributed by atoms with Gasteiger partial charge in [-0.2, -0.15) is 0 Å². The van der Waals surface area contributed by atoms with Crippen molar-refractivity contribution < 1.29 is 4.79 Å². The van der Waals surface area contributed by atoms with E-state index in [9.17, 15) is 4.79 Å². The lowest BCUT2D eigenvalue weighted by atomic mass is 10.2. The molecular formula is C15H22N2OS. The molecule has 1 fully saturated rings. The van der Waals surface area contributed by atoms with Crippen molar-refractivity contribution in [2.75, 3.05) is 11.1 Å². The highest BCUT2D eigenvalue weighted by Gasteiger charge is 2.22. The van der Waals surface area contributed by atoms with Crippen LogP contribution in [0.1, 0.15) is 38.2 Å². The first-order valence-corrected chi connectivity index (χ1v) is 7.83. The van der Waals surface area contributed by atoms with E-state index in [-0.39, 0.29) is 11.2 Å². The number of hydrogen-bond acceptors (Lipinski definition) is 3. The van der Waals surface area contributed by atoms with Gasteiger partial charge in [0, 0.05) is 16.6 Å². The number of nitrogens with one attached hydrogen (secondary N) is 1. The predicted octanol–water partition coefficient (Wildman–Crippen LogP) is 3.58. The first-order valence-electron chi connectivity index (χ1n) is 6.88. The van der Waals surface area contributed by atoms with Crippen LogP contribution in [0.5, 0.6) is 0 Å². The molecular weight excluding hydrogens is 256 g/mol. The fraction of sp³-hybridized carbons (Fsp3) is 0.533. The summed E-state index contributed by atoms with van der Waals surface area (Å²) in [4.78, 5) is 12.2. The van der Waals surface area contributed by atoms with Crippen LogP contribution in [0, 0.1) is 6.92 Å². The van der Waals surface area contributed by atoms with Crippen LogP contribution in [0.15, 0.2) is 18.2 Å². The van der Waals surface area contributed by atoms with Crippen LogP contribution in [0.2, 0.25) is 0 Å². The highest BCUT2D eigenvalue weighted by atomic mass is 32.2. The Balaban J connectivity index is 1.92. The Labute approximate surface area is 119 Å². The SMILES string of the molecule is Cc1cc(N)ccc1NC(=O)C(C)SC1CCCC1. The van der Waals surface area contributed by atoms with Crippen molar-refractivity contribution in [3.8, 4) is 0 Å². The lowest BCUT2D eigenvalue weighted by molar-refractivity contribution is -0.115. The zero-order chi connectivity index (χ0) is 13.8. The molecule has 0 saturated heterocycles. The fourth-order valence-electron chi connectivity index (χ4n) is 2.44. The van der Waals surface area contributed by atoms with Gasteiger partial charge in [-0.1, -0.05) is 12.8 Å². The number of hydrogen-bond donors (Lipinski definition) is 2. The van der Waals surface area contributed by atoms with Crippen molar-refractivity contribution in [1.82, 2.24) is 0 Å². The van der Waals surface area contributed by atoms with Crippen molar-refractivity contribution in [2.24, 2.45) is 0 Å². The number of carbonyl (C=O) groups is 1. The molecule has 1 aliphatic carbocycles. The summed E-state index contributed by atoms with van der Waals surface area (Å²) in [5, 5.41) is 3.66. The average Bonchev–Trinajstić information content (AvgIpc) is 2.85. The minimum absolute atomic E-state index is 0.0000491. The van der Waals surface area contributed by atoms with E-state index in [1.165, 1.54) is 25.7 Å². The Hall–Kier alpha value is -1.16. The molecule has 4 heteroatoms. The molecule has 0 aromatic heterocycles. The molecule has 19 heavy (non-hydrogen) atoms. The zero-order valence-corrected chi connectivity index (χ0v) is 12.4. The highest BCUT2D eigenvalue weighted by Crippen LogP contribution is 2.32. The van der Waals surface area contributed by atoms with Crippen molar-refractivity contribution in [1.29, 1.82) is 0 Å². The summed E-state index contributed by atoms with van der Waals surface area (Å²) >= 11 is 1.81. The van der Waals surface area contributed by atoms with E-state index in [0.717, 1.165) is 16.9 Å². The van der Waals surface area contributed by atoms with Crippen LogP contribution >= 0.6 is 11.8 Å². The van der Waals surface area contributed by atoms with E-state index in [2.05, 4.69) is 5.32 Å². The number of anilines is 2. The molecule has 1 aromatic carbocycles. The molecule has 0 radical (unpaired) electrons. The molecule has 3 N–H and O–H groups in total. The molecule has 0 bridgehead atoms. The van der Waals surface area contributed by atoms with Crippen LogP contribution in [0.25, 0.3) is 0 Å². The lowest BCUT2D eigenvalue weighted by Gasteiger charge is -2.17. The van der Waals surface area contributed by atoms with Crippen molar-refractivity contribution in [3.05, 3.63) is 23.8 Å². The maximum atomic E-state index is 12.2. The van der Waals surface area contributed by atoms with Crippen LogP contribution in [-0.4, -0.2) is 16.4 Å². The maximum Gasteiger partial charge on any atom is 0.237 e. The molecule has 104 valence electrons. The number of thioether (sulfide) groups is 1. The second-order valence-electron chi connectivity index (χ2n) is 5.25. The predicted molar refractivity (Wildman–Crippen MR) is 83.5 cm³/mol. The molecule has 1 amide bonds. The Morgan fingerprint density at radius 2 is 2.11 bits per heavy atom. The maximum absolute atomic E-state index is 12.2. The number of amides is 1. The summed E-state index contributed by atoms with van der Waals surface area (Å²) in [5.41, 5.74) is 8.30. The lowest BCUT2D eigenvalue weighted by Crippen LogP contribution is -2.24. The van der Waals surface area contributed by atoms with Gasteiger partial charge in [0.2, 0.25) is 5.91 Å². The third-order valence-corrected chi connectivity index (χ3v) is 5.05. The molecule has 1 aliphatic rings. The molecule has 1 saturated carbocycles. The third-order valence-electron chi connectivity index (χ3n) is 3.58. The van der Waals surface area contributed by atoms with E-state index in [0.29, 0.717) is 5.25 Å². The Morgan fingerprint density at radius 1 is 1.42 bits per heavy atom. The van der Waals surface area contributed by atoms with E-state index >= 15 is 0 Å². The molecule has 1 atom stereocenters. The minimum atomic E-state index is 0.0000491. The first-order chi connectivity index (χ1) is 9.06. The smallest absolute Gasteiger partial charge is 0.237 e. The first kappa shape index (κ1) is 14.3. The molecule has 0 spiro atoms. The second kappa shape index (κ2) is 6.33. The van der Waals surface area contributed by atoms with Gasteiger partial charge in [-0.05, 0) is 50.5 Å². The zero-order valence-electron chi connectivity index (χ0n) is 11.6. The van der Waals surface area contributed by atoms with E-state index in [1.807, 2.05) is 32.0 Å². The second-order valence-corrected chi connectivity index (χ2v) is 6.89. The molecule has 1 unspecified atom stereocenters. The van der Waals surface area contributed by atoms with E-state index in [4.69, 9.17) is 5.73 Å². The number of benzene rings is 1. The molecule has 0 heterocycles. The van der Waals surface area contributed by atoms with Crippen molar-refractivity contribution >= 4 is 29.0 Å². The molecule has 1 aromatic rings. The Kier molecular flexibility index (Phi) is 4.75. The van der Waals surface area contributed by atoms with E-state index < -0.39 is 0 Å². The number of carbonyl (C=O) groups excluding carboxylic acids is 1. The molecule has 3 nitrogen and oxygen atoms in total. The normalized spacial score (nSPS) is 17.4. The van der Waals surface area contributed by atoms with Crippen molar-refractivity contribution in [3.63, 3.8) is 0 Å². The number of aryl methyl sites for hydroxylation is 1. The van der Waals surface area contributed by atoms with Gasteiger partial charge in [0.25, 0.3) is 0 Å². The average molecular weight is 278 g/mol. The van der Waals surface area contributed by atoms with Gasteiger partial charge in [0.05, 0.1) is 5.25 Å². The van der Waals surface area contributed by atoms with E-state index in [1.54, 1.807) is 11.8 Å². The largest absolute Gasteiger partial charge is 0.399 e. The minimum Gasteiger partial charge on any atom is -0.399 e. The summed E-state index contributed by atoms with van der Waals surface area (Å²) in [6, 6.07) is 5.57. The summed E-state index contributed by atoms with van der Waals surface area (Å²) in [7, 11) is 0. The fourth-order valence-corrected chi connectivity index (χ4v) is 3.80. The summed E-state index contributed by atoms with van der Waals surface area (Å²) in [6.07, 6.45) is 5.12. The van der Waals surface area contributed by atoms with Gasteiger partial charge in [0.15, 0.2) is 0 Å². The van der Waals surface area contributed by atoms with Gasteiger partial charge >= 0.3 is 0 Å². The summed E-state index contributed by atoms with van der Waals surface area (Å²) in [6.45, 7) is 3.95. The standard InChI is InChI=1S/C15H22N2OS/c1-10-9-12(16)7-8-14(10)17-15(18)11(2)19-13-5-3-4-6-13/h7-9,11,13H,3-6,16H2,1-2H3,(H,17,18). The Bertz CT molecular complexity index is 455. The molecule has 0 aliphatic heterocycles. The van der Waals surface area contributed by atoms with Crippen LogP contribution < -0.4 is 11.1 Å². The van der Waals surface area contributed by atoms with Gasteiger partial charge in [0.1, 0.15) is 0 Å². The highest BCUT2D eigenvalue weighted by molar-refractivity contribution is 8.01. The van der Waals surface area contributed by atoms with Gasteiger partial charge in [-0.25, -0.2) is 0 Å². The number of rotatable bonds is 4. The summed E-state index contributed by atoms with van der Waals surface area (Å²) in [5.74, 6) is 0.0878. The number of nitrogen functional groups attached to an aromatic ring is 1. The Morgan fingerprint density at radius 3 is 2.74 bits per heavy atom. The van der Waals surface area contributed by atoms with Gasteiger partial charge in [-0.15, -0.1) is 11.8 Å². The van der Waals surface area contributed by atoms with Crippen LogP contribution in [-0.2, 0) is 4.79 Å². The topological polar surface area (TPSA) is 55.1 Å². The van der Waals surface area contributed by atoms with Crippen molar-refractivity contribution in [2.45, 2.75) is 50.0 Å². The van der Waals surface area contributed by atoms with Crippen LogP contribution in [0.3, 0.4) is 0 Å². The van der Waals surface area contributed by atoms with Crippen LogP contribution in [0.4, 0.5) is 11.4 Å². The van der Waals surface area contributed by atoms with Gasteiger partial charge in [-0.3, -0.25) is 4.79 Å². The monoisotopic (exact) mass is 278 g/mol. The molecule has 2 rings (SSSR count). The third kappa shape index (κ3) is 3.90. The quantitative estimate of drug-likeness (QED) is 0.828. The summed E-state index contributed by atoms with van der Waals surface area (Å²) < 4.78 is 0.